The fourth-order valence-corrected chi connectivity index (χ4v) is 4.37. The highest BCUT2D eigenvalue weighted by atomic mass is 19.1. The van der Waals surface area contributed by atoms with E-state index >= 15 is 4.39 Å². The standard InChI is InChI=1S/C30H24F2N4O4/c1-16-11-18(31)5-7-21(16)27-17(2)36(3)15-22(29(27)37)30(38)35-19-6-8-25(23(32)12-19)40-26-9-10-33-24-13-20(39-4)14-34-28(24)26/h5-15H,1-4H3,(H,35,38). The van der Waals surface area contributed by atoms with E-state index in [2.05, 4.69) is 15.3 Å². The topological polar surface area (TPSA) is 95.3 Å². The molecule has 1 N–H and O–H groups in total. The molecule has 0 unspecified atom stereocenters. The zero-order valence-corrected chi connectivity index (χ0v) is 22.1. The van der Waals surface area contributed by atoms with E-state index in [1.165, 1.54) is 56.0 Å². The molecule has 3 aromatic heterocycles. The van der Waals surface area contributed by atoms with Crippen molar-refractivity contribution in [3.05, 3.63) is 106 Å². The van der Waals surface area contributed by atoms with Crippen LogP contribution in [0.25, 0.3) is 22.2 Å². The molecule has 0 aliphatic rings. The van der Waals surface area contributed by atoms with Crippen LogP contribution in [0, 0.1) is 25.5 Å². The van der Waals surface area contributed by atoms with E-state index in [1.807, 2.05) is 0 Å². The molecule has 0 bridgehead atoms. The highest BCUT2D eigenvalue weighted by molar-refractivity contribution is 6.04. The molecule has 8 nitrogen and oxygen atoms in total. The minimum Gasteiger partial charge on any atom is -0.495 e. The molecule has 1 amide bonds. The number of benzene rings is 2. The van der Waals surface area contributed by atoms with Crippen molar-refractivity contribution in [1.82, 2.24) is 14.5 Å². The molecule has 3 heterocycles. The van der Waals surface area contributed by atoms with Gasteiger partial charge in [0.05, 0.1) is 18.8 Å². The van der Waals surface area contributed by atoms with Crippen molar-refractivity contribution in [2.45, 2.75) is 13.8 Å². The minimum atomic E-state index is -0.740. The molecule has 0 radical (unpaired) electrons. The first-order valence-corrected chi connectivity index (χ1v) is 12.2. The maximum absolute atomic E-state index is 15.0. The van der Waals surface area contributed by atoms with Gasteiger partial charge in [-0.05, 0) is 49.2 Å². The predicted octanol–water partition coefficient (Wildman–Crippen LogP) is 5.94. The number of methoxy groups -OCH3 is 1. The summed E-state index contributed by atoms with van der Waals surface area (Å²) in [5.41, 5.74) is 2.39. The summed E-state index contributed by atoms with van der Waals surface area (Å²) in [6.07, 6.45) is 4.43. The number of hydrogen-bond acceptors (Lipinski definition) is 6. The fourth-order valence-electron chi connectivity index (χ4n) is 4.37. The molecule has 0 spiro atoms. The number of carbonyl (C=O) groups excluding carboxylic acids is 1. The molecule has 0 atom stereocenters. The summed E-state index contributed by atoms with van der Waals surface area (Å²) >= 11 is 0. The number of amides is 1. The number of nitrogens with zero attached hydrogens (tertiary/aromatic N) is 3. The quantitative estimate of drug-likeness (QED) is 0.285. The Bertz CT molecular complexity index is 1850. The van der Waals surface area contributed by atoms with Crippen molar-refractivity contribution in [2.24, 2.45) is 7.05 Å². The summed E-state index contributed by atoms with van der Waals surface area (Å²) in [6, 6.07) is 11.3. The number of aromatic nitrogens is 3. The van der Waals surface area contributed by atoms with Gasteiger partial charge in [-0.2, -0.15) is 0 Å². The van der Waals surface area contributed by atoms with Gasteiger partial charge in [0.2, 0.25) is 5.43 Å². The summed E-state index contributed by atoms with van der Waals surface area (Å²) < 4.78 is 41.3. The molecular weight excluding hydrogens is 518 g/mol. The van der Waals surface area contributed by atoms with Crippen LogP contribution in [-0.4, -0.2) is 27.6 Å². The number of carbonyl (C=O) groups is 1. The van der Waals surface area contributed by atoms with E-state index in [0.717, 1.165) is 6.07 Å². The first-order valence-electron chi connectivity index (χ1n) is 12.2. The zero-order valence-electron chi connectivity index (χ0n) is 22.1. The van der Waals surface area contributed by atoms with Crippen LogP contribution < -0.4 is 20.2 Å². The molecule has 2 aromatic carbocycles. The third-order valence-electron chi connectivity index (χ3n) is 6.55. The van der Waals surface area contributed by atoms with E-state index in [1.54, 1.807) is 37.6 Å². The maximum Gasteiger partial charge on any atom is 0.261 e. The smallest absolute Gasteiger partial charge is 0.261 e. The molecule has 5 aromatic rings. The Labute approximate surface area is 227 Å². The van der Waals surface area contributed by atoms with Gasteiger partial charge in [0.15, 0.2) is 17.3 Å². The van der Waals surface area contributed by atoms with Crippen molar-refractivity contribution in [1.29, 1.82) is 0 Å². The predicted molar refractivity (Wildman–Crippen MR) is 147 cm³/mol. The van der Waals surface area contributed by atoms with Crippen molar-refractivity contribution >= 4 is 22.6 Å². The van der Waals surface area contributed by atoms with Crippen molar-refractivity contribution in [3.63, 3.8) is 0 Å². The van der Waals surface area contributed by atoms with E-state index in [9.17, 15) is 14.0 Å². The Morgan fingerprint density at radius 1 is 1.00 bits per heavy atom. The number of aryl methyl sites for hydroxylation is 2. The lowest BCUT2D eigenvalue weighted by molar-refractivity contribution is 0.102. The number of ether oxygens (including phenoxy) is 2. The summed E-state index contributed by atoms with van der Waals surface area (Å²) in [7, 11) is 3.22. The Balaban J connectivity index is 1.42. The van der Waals surface area contributed by atoms with E-state index in [0.29, 0.717) is 39.2 Å². The molecule has 0 aliphatic carbocycles. The molecule has 5 rings (SSSR count). The monoisotopic (exact) mass is 542 g/mol. The van der Waals surface area contributed by atoms with Crippen molar-refractivity contribution in [2.75, 3.05) is 12.4 Å². The normalized spacial score (nSPS) is 10.9. The summed E-state index contributed by atoms with van der Waals surface area (Å²) in [5.74, 6) is -1.17. The first kappa shape index (κ1) is 26.5. The molecular formula is C30H24F2N4O4. The second-order valence-electron chi connectivity index (χ2n) is 9.16. The Morgan fingerprint density at radius 2 is 1.80 bits per heavy atom. The van der Waals surface area contributed by atoms with Gasteiger partial charge in [-0.3, -0.25) is 14.6 Å². The second kappa shape index (κ2) is 10.6. The maximum atomic E-state index is 15.0. The molecule has 202 valence electrons. The van der Waals surface area contributed by atoms with Gasteiger partial charge in [-0.15, -0.1) is 0 Å². The molecule has 0 saturated carbocycles. The summed E-state index contributed by atoms with van der Waals surface area (Å²) in [6.45, 7) is 3.44. The van der Waals surface area contributed by atoms with Gasteiger partial charge in [-0.25, -0.2) is 13.8 Å². The molecule has 0 aliphatic heterocycles. The zero-order chi connectivity index (χ0) is 28.6. The van der Waals surface area contributed by atoms with E-state index in [-0.39, 0.29) is 22.7 Å². The van der Waals surface area contributed by atoms with Crippen LogP contribution in [0.4, 0.5) is 14.5 Å². The minimum absolute atomic E-state index is 0.0940. The van der Waals surface area contributed by atoms with E-state index < -0.39 is 23.0 Å². The van der Waals surface area contributed by atoms with Gasteiger partial charge >= 0.3 is 0 Å². The van der Waals surface area contributed by atoms with Crippen LogP contribution in [0.1, 0.15) is 21.6 Å². The highest BCUT2D eigenvalue weighted by Crippen LogP contribution is 2.32. The highest BCUT2D eigenvalue weighted by Gasteiger charge is 2.20. The third-order valence-corrected chi connectivity index (χ3v) is 6.55. The number of halogens is 2. The van der Waals surface area contributed by atoms with Crippen molar-refractivity contribution < 1.29 is 23.0 Å². The SMILES string of the molecule is COc1cnc2c(Oc3ccc(NC(=O)c4cn(C)c(C)c(-c5ccc(F)cc5C)c4=O)cc3F)ccnc2c1. The van der Waals surface area contributed by atoms with E-state index in [4.69, 9.17) is 9.47 Å². The number of pyridine rings is 3. The summed E-state index contributed by atoms with van der Waals surface area (Å²) in [5, 5.41) is 2.58. The largest absolute Gasteiger partial charge is 0.495 e. The lowest BCUT2D eigenvalue weighted by atomic mass is 9.97. The van der Waals surface area contributed by atoms with Crippen LogP contribution in [-0.2, 0) is 7.05 Å². The van der Waals surface area contributed by atoms with Gasteiger partial charge < -0.3 is 19.4 Å². The van der Waals surface area contributed by atoms with Crippen LogP contribution in [0.2, 0.25) is 0 Å². The van der Waals surface area contributed by atoms with Crippen LogP contribution in [0.5, 0.6) is 17.2 Å². The first-order chi connectivity index (χ1) is 19.2. The van der Waals surface area contributed by atoms with Gasteiger partial charge in [-0.1, -0.05) is 6.07 Å². The number of rotatable bonds is 6. The third kappa shape index (κ3) is 4.98. The van der Waals surface area contributed by atoms with Crippen molar-refractivity contribution in [3.8, 4) is 28.4 Å². The molecule has 0 fully saturated rings. The van der Waals surface area contributed by atoms with Crippen LogP contribution >= 0.6 is 0 Å². The number of anilines is 1. The summed E-state index contributed by atoms with van der Waals surface area (Å²) in [4.78, 5) is 35.1. The molecule has 0 saturated heterocycles. The fraction of sp³-hybridized carbons (Fsp3) is 0.133. The number of nitrogens with one attached hydrogen (secondary N) is 1. The molecule has 40 heavy (non-hydrogen) atoms. The van der Waals surface area contributed by atoms with Crippen LogP contribution in [0.3, 0.4) is 0 Å². The number of hydrogen-bond donors (Lipinski definition) is 1. The van der Waals surface area contributed by atoms with Gasteiger partial charge in [0, 0.05) is 54.6 Å². The van der Waals surface area contributed by atoms with Gasteiger partial charge in [0.25, 0.3) is 5.91 Å². The average molecular weight is 543 g/mol. The lowest BCUT2D eigenvalue weighted by Gasteiger charge is -2.15. The number of fused-ring (bicyclic) bond motifs is 1. The Hall–Kier alpha value is -5.12. The van der Waals surface area contributed by atoms with Crippen LogP contribution in [0.15, 0.2) is 71.9 Å². The Kier molecular flexibility index (Phi) is 7.00. The average Bonchev–Trinajstić information content (AvgIpc) is 2.93. The lowest BCUT2D eigenvalue weighted by Crippen LogP contribution is -2.25. The van der Waals surface area contributed by atoms with Gasteiger partial charge in [0.1, 0.15) is 22.6 Å². The Morgan fingerprint density at radius 3 is 2.52 bits per heavy atom. The second-order valence-corrected chi connectivity index (χ2v) is 9.16. The molecule has 10 heteroatoms.